The number of ether oxygens (including phenoxy) is 1. The molecule has 0 saturated heterocycles. The first kappa shape index (κ1) is 9.16. The number of rotatable bonds is 2. The summed E-state index contributed by atoms with van der Waals surface area (Å²) in [6, 6.07) is 0. The molecule has 0 heterocycles. The molecular formula is C5H11N3OS. The maximum Gasteiger partial charge on any atom is 0.203 e. The second kappa shape index (κ2) is 4.99. The predicted octanol–water partition coefficient (Wildman–Crippen LogP) is 0.189. The number of nitrogens with one attached hydrogen (secondary N) is 1. The molecule has 10 heavy (non-hydrogen) atoms. The molecule has 0 aliphatic heterocycles. The van der Waals surface area contributed by atoms with Crippen molar-refractivity contribution >= 4 is 23.2 Å². The largest absolute Gasteiger partial charge is 0.480 e. The fourth-order valence-electron chi connectivity index (χ4n) is 0.375. The van der Waals surface area contributed by atoms with Gasteiger partial charge in [-0.3, -0.25) is 5.43 Å². The smallest absolute Gasteiger partial charge is 0.203 e. The van der Waals surface area contributed by atoms with Crippen LogP contribution in [0.4, 0.5) is 0 Å². The lowest BCUT2D eigenvalue weighted by Gasteiger charge is -2.00. The molecule has 0 bridgehead atoms. The summed E-state index contributed by atoms with van der Waals surface area (Å²) in [7, 11) is 0. The SMILES string of the molecule is CCO/C(C)=N\NC(N)=S. The molecule has 0 fully saturated rings. The van der Waals surface area contributed by atoms with E-state index >= 15 is 0 Å². The van der Waals surface area contributed by atoms with Gasteiger partial charge in [0.05, 0.1) is 6.61 Å². The average molecular weight is 161 g/mol. The number of hydrogen-bond acceptors (Lipinski definition) is 3. The van der Waals surface area contributed by atoms with Crippen LogP contribution in [0.25, 0.3) is 0 Å². The molecule has 0 amide bonds. The third kappa shape index (κ3) is 5.30. The minimum atomic E-state index is 0.138. The van der Waals surface area contributed by atoms with E-state index < -0.39 is 0 Å². The van der Waals surface area contributed by atoms with Crippen LogP contribution < -0.4 is 11.2 Å². The van der Waals surface area contributed by atoms with E-state index in [2.05, 4.69) is 22.7 Å². The lowest BCUT2D eigenvalue weighted by molar-refractivity contribution is 0.322. The summed E-state index contributed by atoms with van der Waals surface area (Å²) in [6.07, 6.45) is 0. The molecule has 0 unspecified atom stereocenters. The Morgan fingerprint density at radius 3 is 2.80 bits per heavy atom. The summed E-state index contributed by atoms with van der Waals surface area (Å²) >= 11 is 4.50. The first-order chi connectivity index (χ1) is 4.66. The summed E-state index contributed by atoms with van der Waals surface area (Å²) in [5.41, 5.74) is 7.50. The molecule has 0 saturated carbocycles. The Morgan fingerprint density at radius 2 is 2.40 bits per heavy atom. The topological polar surface area (TPSA) is 59.6 Å². The van der Waals surface area contributed by atoms with E-state index in [0.717, 1.165) is 0 Å². The molecule has 4 nitrogen and oxygen atoms in total. The standard InChI is InChI=1S/C5H11N3OS/c1-3-9-4(2)7-8-5(6)10/h3H2,1-2H3,(H3,6,8,10)/b7-4-. The van der Waals surface area contributed by atoms with Gasteiger partial charge < -0.3 is 10.5 Å². The van der Waals surface area contributed by atoms with Gasteiger partial charge in [-0.2, -0.15) is 0 Å². The molecule has 0 aliphatic rings. The third-order valence-electron chi connectivity index (χ3n) is 0.677. The Kier molecular flexibility index (Phi) is 4.57. The molecule has 0 aliphatic carbocycles. The molecule has 58 valence electrons. The normalized spacial score (nSPS) is 10.8. The van der Waals surface area contributed by atoms with Gasteiger partial charge in [0.1, 0.15) is 0 Å². The van der Waals surface area contributed by atoms with E-state index in [-0.39, 0.29) is 5.11 Å². The molecule has 0 atom stereocenters. The van der Waals surface area contributed by atoms with Crippen LogP contribution in [0, 0.1) is 0 Å². The summed E-state index contributed by atoms with van der Waals surface area (Å²) < 4.78 is 4.96. The maximum absolute atomic E-state index is 5.09. The lowest BCUT2D eigenvalue weighted by atomic mass is 10.7. The van der Waals surface area contributed by atoms with Gasteiger partial charge in [0, 0.05) is 6.92 Å². The van der Waals surface area contributed by atoms with E-state index in [1.807, 2.05) is 6.92 Å². The van der Waals surface area contributed by atoms with Gasteiger partial charge in [0.2, 0.25) is 5.90 Å². The van der Waals surface area contributed by atoms with Gasteiger partial charge >= 0.3 is 0 Å². The molecule has 0 radical (unpaired) electrons. The molecule has 5 heteroatoms. The van der Waals surface area contributed by atoms with Gasteiger partial charge in [-0.05, 0) is 19.1 Å². The van der Waals surface area contributed by atoms with Crippen molar-refractivity contribution in [2.45, 2.75) is 13.8 Å². The van der Waals surface area contributed by atoms with Crippen LogP contribution in [0.1, 0.15) is 13.8 Å². The fourth-order valence-corrected chi connectivity index (χ4v) is 0.421. The summed E-state index contributed by atoms with van der Waals surface area (Å²) in [6.45, 7) is 4.18. The number of thiocarbonyl (C=S) groups is 1. The molecule has 0 aromatic heterocycles. The molecule has 0 rings (SSSR count). The minimum Gasteiger partial charge on any atom is -0.480 e. The van der Waals surface area contributed by atoms with Gasteiger partial charge in [0.15, 0.2) is 5.11 Å². The lowest BCUT2D eigenvalue weighted by Crippen LogP contribution is -2.25. The molecule has 0 aromatic carbocycles. The van der Waals surface area contributed by atoms with Crippen molar-refractivity contribution in [3.05, 3.63) is 0 Å². The Labute approximate surface area is 65.4 Å². The van der Waals surface area contributed by atoms with Crippen molar-refractivity contribution in [3.63, 3.8) is 0 Å². The van der Waals surface area contributed by atoms with Crippen LogP contribution in [0.2, 0.25) is 0 Å². The minimum absolute atomic E-state index is 0.138. The van der Waals surface area contributed by atoms with Crippen LogP contribution >= 0.6 is 12.2 Å². The van der Waals surface area contributed by atoms with Gasteiger partial charge in [-0.25, -0.2) is 0 Å². The zero-order chi connectivity index (χ0) is 7.98. The highest BCUT2D eigenvalue weighted by molar-refractivity contribution is 7.80. The van der Waals surface area contributed by atoms with Crippen molar-refractivity contribution in [1.29, 1.82) is 0 Å². The van der Waals surface area contributed by atoms with Crippen LogP contribution in [0.5, 0.6) is 0 Å². The number of hydrogen-bond donors (Lipinski definition) is 2. The van der Waals surface area contributed by atoms with Crippen LogP contribution in [0.3, 0.4) is 0 Å². The Balaban J connectivity index is 3.57. The van der Waals surface area contributed by atoms with Gasteiger partial charge in [-0.15, -0.1) is 5.10 Å². The quantitative estimate of drug-likeness (QED) is 0.263. The number of nitrogens with zero attached hydrogens (tertiary/aromatic N) is 1. The Hall–Kier alpha value is -0.840. The van der Waals surface area contributed by atoms with Crippen molar-refractivity contribution in [2.75, 3.05) is 6.61 Å². The third-order valence-corrected chi connectivity index (χ3v) is 0.768. The van der Waals surface area contributed by atoms with Crippen molar-refractivity contribution in [3.8, 4) is 0 Å². The van der Waals surface area contributed by atoms with Crippen LogP contribution in [-0.4, -0.2) is 17.6 Å². The van der Waals surface area contributed by atoms with Crippen molar-refractivity contribution in [2.24, 2.45) is 10.8 Å². The Morgan fingerprint density at radius 1 is 1.80 bits per heavy atom. The van der Waals surface area contributed by atoms with Gasteiger partial charge in [0.25, 0.3) is 0 Å². The molecule has 0 aromatic rings. The summed E-state index contributed by atoms with van der Waals surface area (Å²) in [4.78, 5) is 0. The van der Waals surface area contributed by atoms with Crippen LogP contribution in [0.15, 0.2) is 5.10 Å². The highest BCUT2D eigenvalue weighted by atomic mass is 32.1. The van der Waals surface area contributed by atoms with E-state index in [1.165, 1.54) is 0 Å². The summed E-state index contributed by atoms with van der Waals surface area (Å²) in [5, 5.41) is 3.83. The first-order valence-corrected chi connectivity index (χ1v) is 3.30. The van der Waals surface area contributed by atoms with Crippen LogP contribution in [-0.2, 0) is 4.74 Å². The van der Waals surface area contributed by atoms with E-state index in [0.29, 0.717) is 12.5 Å². The maximum atomic E-state index is 5.09. The number of nitrogens with two attached hydrogens (primary N) is 1. The second-order valence-corrected chi connectivity index (χ2v) is 1.98. The second-order valence-electron chi connectivity index (χ2n) is 1.54. The van der Waals surface area contributed by atoms with Gasteiger partial charge in [-0.1, -0.05) is 0 Å². The summed E-state index contributed by atoms with van der Waals surface area (Å²) in [5.74, 6) is 0.523. The monoisotopic (exact) mass is 161 g/mol. The van der Waals surface area contributed by atoms with Crippen molar-refractivity contribution < 1.29 is 4.74 Å². The first-order valence-electron chi connectivity index (χ1n) is 2.89. The zero-order valence-corrected chi connectivity index (χ0v) is 6.86. The zero-order valence-electron chi connectivity index (χ0n) is 6.05. The molecular weight excluding hydrogens is 150 g/mol. The van der Waals surface area contributed by atoms with E-state index in [1.54, 1.807) is 6.92 Å². The predicted molar refractivity (Wildman–Crippen MR) is 44.7 cm³/mol. The van der Waals surface area contributed by atoms with Crippen molar-refractivity contribution in [1.82, 2.24) is 5.43 Å². The highest BCUT2D eigenvalue weighted by Crippen LogP contribution is 1.77. The fraction of sp³-hybridized carbons (Fsp3) is 0.600. The molecule has 3 N–H and O–H groups in total. The molecule has 0 spiro atoms. The van der Waals surface area contributed by atoms with E-state index in [9.17, 15) is 0 Å². The highest BCUT2D eigenvalue weighted by Gasteiger charge is 1.87. The van der Waals surface area contributed by atoms with E-state index in [4.69, 9.17) is 10.5 Å². The number of hydrazone groups is 1. The average Bonchev–Trinajstić information content (AvgIpc) is 1.85. The Bertz CT molecular complexity index is 146.